The standard InChI is InChI=1S/C10H9BrF2O2/c1-10(2,13)15-8-4-3-7(11)6(5-14)9(8)12/h3-5H,1-2H3. The molecule has 0 unspecified atom stereocenters. The summed E-state index contributed by atoms with van der Waals surface area (Å²) in [5, 5.41) is 0. The molecule has 0 amide bonds. The smallest absolute Gasteiger partial charge is 0.243 e. The lowest BCUT2D eigenvalue weighted by Crippen LogP contribution is -2.22. The Morgan fingerprint density at radius 1 is 1.47 bits per heavy atom. The van der Waals surface area contributed by atoms with Crippen molar-refractivity contribution in [1.82, 2.24) is 0 Å². The van der Waals surface area contributed by atoms with E-state index in [1.807, 2.05) is 0 Å². The van der Waals surface area contributed by atoms with Crippen LogP contribution in [-0.2, 0) is 0 Å². The normalized spacial score (nSPS) is 11.3. The van der Waals surface area contributed by atoms with Crippen molar-refractivity contribution >= 4 is 22.2 Å². The zero-order chi connectivity index (χ0) is 11.6. The average Bonchev–Trinajstić information content (AvgIpc) is 2.09. The number of hydrogen-bond acceptors (Lipinski definition) is 2. The van der Waals surface area contributed by atoms with Crippen molar-refractivity contribution in [2.45, 2.75) is 19.7 Å². The number of hydrogen-bond donors (Lipinski definition) is 0. The number of carbonyl (C=O) groups excluding carboxylic acids is 1. The van der Waals surface area contributed by atoms with Crippen molar-refractivity contribution in [1.29, 1.82) is 0 Å². The Labute approximate surface area is 94.4 Å². The van der Waals surface area contributed by atoms with Crippen LogP contribution in [0.25, 0.3) is 0 Å². The Balaban J connectivity index is 3.16. The van der Waals surface area contributed by atoms with Crippen molar-refractivity contribution in [3.8, 4) is 5.75 Å². The number of halogens is 3. The van der Waals surface area contributed by atoms with E-state index in [1.54, 1.807) is 0 Å². The van der Waals surface area contributed by atoms with Crippen LogP contribution < -0.4 is 4.74 Å². The second-order valence-corrected chi connectivity index (χ2v) is 4.21. The first kappa shape index (κ1) is 12.1. The van der Waals surface area contributed by atoms with Gasteiger partial charge < -0.3 is 4.74 Å². The number of alkyl halides is 1. The molecule has 1 aromatic rings. The van der Waals surface area contributed by atoms with E-state index in [2.05, 4.69) is 15.9 Å². The molecule has 0 spiro atoms. The predicted octanol–water partition coefficient (Wildman–Crippen LogP) is 3.49. The minimum Gasteiger partial charge on any atom is -0.455 e. The van der Waals surface area contributed by atoms with E-state index in [9.17, 15) is 13.6 Å². The monoisotopic (exact) mass is 278 g/mol. The van der Waals surface area contributed by atoms with Crippen LogP contribution in [0.4, 0.5) is 8.78 Å². The molecule has 0 atom stereocenters. The molecule has 0 saturated carbocycles. The molecule has 0 heterocycles. The molecule has 0 N–H and O–H groups in total. The summed E-state index contributed by atoms with van der Waals surface area (Å²) >= 11 is 3.00. The first-order chi connectivity index (χ1) is 6.85. The third-order valence-corrected chi connectivity index (χ3v) is 2.25. The van der Waals surface area contributed by atoms with Gasteiger partial charge in [-0.25, -0.2) is 4.39 Å². The van der Waals surface area contributed by atoms with Gasteiger partial charge in [0.15, 0.2) is 17.9 Å². The number of ether oxygens (including phenoxy) is 1. The highest BCUT2D eigenvalue weighted by molar-refractivity contribution is 9.10. The van der Waals surface area contributed by atoms with Crippen LogP contribution in [0.2, 0.25) is 0 Å². The van der Waals surface area contributed by atoms with Gasteiger partial charge in [-0.2, -0.15) is 4.39 Å². The van der Waals surface area contributed by atoms with E-state index in [-0.39, 0.29) is 11.3 Å². The number of rotatable bonds is 3. The summed E-state index contributed by atoms with van der Waals surface area (Å²) in [6.45, 7) is 2.30. The van der Waals surface area contributed by atoms with E-state index in [0.29, 0.717) is 10.8 Å². The summed E-state index contributed by atoms with van der Waals surface area (Å²) in [5.74, 6) is -3.15. The van der Waals surface area contributed by atoms with E-state index in [4.69, 9.17) is 4.74 Å². The molecule has 0 aliphatic heterocycles. The van der Waals surface area contributed by atoms with Crippen LogP contribution in [0, 0.1) is 5.82 Å². The van der Waals surface area contributed by atoms with Crippen molar-refractivity contribution in [2.75, 3.05) is 0 Å². The Morgan fingerprint density at radius 3 is 2.53 bits per heavy atom. The summed E-state index contributed by atoms with van der Waals surface area (Å²) in [6, 6.07) is 2.68. The maximum Gasteiger partial charge on any atom is 0.243 e. The molecule has 1 aromatic carbocycles. The maximum atomic E-state index is 13.5. The zero-order valence-electron chi connectivity index (χ0n) is 8.18. The fraction of sp³-hybridized carbons (Fsp3) is 0.300. The molecule has 0 bridgehead atoms. The van der Waals surface area contributed by atoms with Crippen LogP contribution in [0.1, 0.15) is 24.2 Å². The Kier molecular flexibility index (Phi) is 3.44. The van der Waals surface area contributed by atoms with Crippen molar-refractivity contribution in [2.24, 2.45) is 0 Å². The van der Waals surface area contributed by atoms with Crippen LogP contribution in [-0.4, -0.2) is 12.1 Å². The average molecular weight is 279 g/mol. The van der Waals surface area contributed by atoms with Gasteiger partial charge in [-0.1, -0.05) is 0 Å². The highest BCUT2D eigenvalue weighted by Gasteiger charge is 2.21. The third kappa shape index (κ3) is 2.99. The second kappa shape index (κ2) is 4.26. The van der Waals surface area contributed by atoms with Crippen molar-refractivity contribution < 1.29 is 18.3 Å². The highest BCUT2D eigenvalue weighted by Crippen LogP contribution is 2.29. The molecule has 0 fully saturated rings. The van der Waals surface area contributed by atoms with Gasteiger partial charge in [0.2, 0.25) is 5.85 Å². The maximum absolute atomic E-state index is 13.5. The van der Waals surface area contributed by atoms with Gasteiger partial charge in [-0.05, 0) is 28.1 Å². The minimum absolute atomic E-state index is 0.184. The Hall–Kier alpha value is -0.970. The van der Waals surface area contributed by atoms with Gasteiger partial charge in [0, 0.05) is 18.3 Å². The first-order valence-corrected chi connectivity index (χ1v) is 4.95. The summed E-state index contributed by atoms with van der Waals surface area (Å²) in [6.07, 6.45) is 0.345. The minimum atomic E-state index is -1.99. The zero-order valence-corrected chi connectivity index (χ0v) is 9.77. The fourth-order valence-corrected chi connectivity index (χ4v) is 1.40. The lowest BCUT2D eigenvalue weighted by molar-refractivity contribution is -0.0286. The molecule has 0 aliphatic rings. The van der Waals surface area contributed by atoms with Crippen LogP contribution in [0.15, 0.2) is 16.6 Å². The molecule has 82 valence electrons. The van der Waals surface area contributed by atoms with Gasteiger partial charge in [0.25, 0.3) is 0 Å². The SMILES string of the molecule is CC(C)(F)Oc1ccc(Br)c(C=O)c1F. The van der Waals surface area contributed by atoms with Gasteiger partial charge >= 0.3 is 0 Å². The number of benzene rings is 1. The molecule has 0 saturated heterocycles. The summed E-state index contributed by atoms with van der Waals surface area (Å²) in [7, 11) is 0. The Bertz CT molecular complexity index is 386. The molecule has 0 aliphatic carbocycles. The van der Waals surface area contributed by atoms with E-state index in [1.165, 1.54) is 12.1 Å². The quantitative estimate of drug-likeness (QED) is 0.792. The molecule has 1 rings (SSSR count). The lowest BCUT2D eigenvalue weighted by Gasteiger charge is -2.18. The molecule has 0 radical (unpaired) electrons. The molecule has 15 heavy (non-hydrogen) atoms. The molecule has 0 aromatic heterocycles. The van der Waals surface area contributed by atoms with Crippen LogP contribution >= 0.6 is 15.9 Å². The van der Waals surface area contributed by atoms with Crippen LogP contribution in [0.3, 0.4) is 0 Å². The summed E-state index contributed by atoms with van der Waals surface area (Å²) < 4.78 is 31.6. The van der Waals surface area contributed by atoms with Crippen molar-refractivity contribution in [3.05, 3.63) is 28.0 Å². The molecular formula is C10H9BrF2O2. The fourth-order valence-electron chi connectivity index (χ4n) is 0.998. The molecule has 2 nitrogen and oxygen atoms in total. The topological polar surface area (TPSA) is 26.3 Å². The summed E-state index contributed by atoms with van der Waals surface area (Å²) in [4.78, 5) is 10.5. The first-order valence-electron chi connectivity index (χ1n) is 4.16. The second-order valence-electron chi connectivity index (χ2n) is 3.36. The number of carbonyl (C=O) groups is 1. The molecule has 5 heteroatoms. The van der Waals surface area contributed by atoms with Crippen LogP contribution in [0.5, 0.6) is 5.75 Å². The number of aldehydes is 1. The van der Waals surface area contributed by atoms with Crippen molar-refractivity contribution in [3.63, 3.8) is 0 Å². The van der Waals surface area contributed by atoms with Gasteiger partial charge in [-0.3, -0.25) is 4.79 Å². The Morgan fingerprint density at radius 2 is 2.07 bits per heavy atom. The molecular weight excluding hydrogens is 270 g/mol. The van der Waals surface area contributed by atoms with E-state index in [0.717, 1.165) is 13.8 Å². The predicted molar refractivity (Wildman–Crippen MR) is 55.3 cm³/mol. The largest absolute Gasteiger partial charge is 0.455 e. The van der Waals surface area contributed by atoms with E-state index >= 15 is 0 Å². The highest BCUT2D eigenvalue weighted by atomic mass is 79.9. The van der Waals surface area contributed by atoms with E-state index < -0.39 is 11.7 Å². The van der Waals surface area contributed by atoms with Gasteiger partial charge in [0.1, 0.15) is 0 Å². The summed E-state index contributed by atoms with van der Waals surface area (Å²) in [5.41, 5.74) is -0.184. The lowest BCUT2D eigenvalue weighted by atomic mass is 10.2. The third-order valence-electron chi connectivity index (χ3n) is 1.56. The van der Waals surface area contributed by atoms with Gasteiger partial charge in [-0.15, -0.1) is 0 Å². The van der Waals surface area contributed by atoms with Gasteiger partial charge in [0.05, 0.1) is 5.56 Å².